The fourth-order valence-corrected chi connectivity index (χ4v) is 2.50. The number of aromatic nitrogens is 2. The van der Waals surface area contributed by atoms with Crippen molar-refractivity contribution < 1.29 is 18.8 Å². The van der Waals surface area contributed by atoms with Gasteiger partial charge in [0.2, 0.25) is 5.91 Å². The van der Waals surface area contributed by atoms with E-state index in [9.17, 15) is 9.59 Å². The molecule has 0 aliphatic heterocycles. The number of anilines is 2. The van der Waals surface area contributed by atoms with E-state index >= 15 is 0 Å². The summed E-state index contributed by atoms with van der Waals surface area (Å²) in [6.45, 7) is 5.97. The molecule has 0 saturated heterocycles. The van der Waals surface area contributed by atoms with Crippen LogP contribution in [-0.4, -0.2) is 22.1 Å². The van der Waals surface area contributed by atoms with Crippen LogP contribution in [0, 0.1) is 0 Å². The second-order valence-electron chi connectivity index (χ2n) is 7.66. The van der Waals surface area contributed by atoms with E-state index in [1.807, 2.05) is 20.8 Å². The van der Waals surface area contributed by atoms with Gasteiger partial charge in [-0.2, -0.15) is 0 Å². The van der Waals surface area contributed by atoms with Crippen LogP contribution >= 0.6 is 0 Å². The second kappa shape index (κ2) is 8.64. The number of ether oxygens (including phenoxy) is 1. The normalized spacial score (nSPS) is 11.0. The summed E-state index contributed by atoms with van der Waals surface area (Å²) in [7, 11) is 0. The molecule has 9 nitrogen and oxygen atoms in total. The van der Waals surface area contributed by atoms with Gasteiger partial charge in [-0.25, -0.2) is 4.79 Å². The molecule has 2 aromatic heterocycles. The molecule has 0 unspecified atom stereocenters. The smallest absolute Gasteiger partial charge is 0.324 e. The van der Waals surface area contributed by atoms with E-state index in [1.54, 1.807) is 48.7 Å². The van der Waals surface area contributed by atoms with E-state index in [0.717, 1.165) is 0 Å². The van der Waals surface area contributed by atoms with Crippen molar-refractivity contribution in [2.45, 2.75) is 32.6 Å². The maximum absolute atomic E-state index is 12.2. The Bertz CT molecular complexity index is 1040. The van der Waals surface area contributed by atoms with Crippen LogP contribution in [0.5, 0.6) is 11.5 Å². The molecule has 0 fully saturated rings. The summed E-state index contributed by atoms with van der Waals surface area (Å²) in [6.07, 6.45) is 1.58. The number of rotatable bonds is 6. The number of urea groups is 1. The van der Waals surface area contributed by atoms with E-state index in [4.69, 9.17) is 15.0 Å². The topological polar surface area (TPSA) is 132 Å². The Kier molecular flexibility index (Phi) is 6.01. The lowest BCUT2D eigenvalue weighted by Crippen LogP contribution is -2.19. The minimum Gasteiger partial charge on any atom is -0.457 e. The first-order chi connectivity index (χ1) is 14.2. The van der Waals surface area contributed by atoms with Gasteiger partial charge in [0.1, 0.15) is 17.3 Å². The standard InChI is InChI=1S/C21H23N5O4/c1-21(2,3)17-12-19(26-30-17)25-20(28)24-13-4-6-15(7-5-13)29-16-8-9-23-14(10-16)11-18(22)27/h4-10,12H,11H2,1-3H3,(H2,22,27)(H2,24,25,26,28). The number of hydrogen-bond acceptors (Lipinski definition) is 6. The summed E-state index contributed by atoms with van der Waals surface area (Å²) in [5, 5.41) is 9.19. The highest BCUT2D eigenvalue weighted by molar-refractivity contribution is 5.99. The van der Waals surface area contributed by atoms with Gasteiger partial charge in [-0.05, 0) is 30.3 Å². The van der Waals surface area contributed by atoms with Crippen LogP contribution in [0.3, 0.4) is 0 Å². The summed E-state index contributed by atoms with van der Waals surface area (Å²) >= 11 is 0. The van der Waals surface area contributed by atoms with E-state index in [1.165, 1.54) is 0 Å². The van der Waals surface area contributed by atoms with Crippen molar-refractivity contribution in [3.05, 3.63) is 60.1 Å². The Balaban J connectivity index is 1.57. The number of nitrogens with two attached hydrogens (primary N) is 1. The number of amides is 3. The summed E-state index contributed by atoms with van der Waals surface area (Å²) in [6, 6.07) is 11.4. The fourth-order valence-electron chi connectivity index (χ4n) is 2.50. The molecule has 0 atom stereocenters. The van der Waals surface area contributed by atoms with E-state index in [-0.39, 0.29) is 11.8 Å². The number of nitrogens with one attached hydrogen (secondary N) is 2. The number of carbonyl (C=O) groups excluding carboxylic acids is 2. The summed E-state index contributed by atoms with van der Waals surface area (Å²) in [4.78, 5) is 27.2. The molecule has 3 aromatic rings. The van der Waals surface area contributed by atoms with E-state index in [2.05, 4.69) is 20.8 Å². The number of carbonyl (C=O) groups is 2. The number of benzene rings is 1. The molecule has 30 heavy (non-hydrogen) atoms. The Morgan fingerprint density at radius 2 is 1.80 bits per heavy atom. The van der Waals surface area contributed by atoms with Crippen molar-refractivity contribution in [1.82, 2.24) is 10.1 Å². The zero-order chi connectivity index (χ0) is 21.7. The van der Waals surface area contributed by atoms with Gasteiger partial charge in [-0.1, -0.05) is 25.9 Å². The first kappa shape index (κ1) is 20.8. The number of primary amides is 1. The Labute approximate surface area is 173 Å². The molecule has 0 bridgehead atoms. The molecule has 0 radical (unpaired) electrons. The molecule has 156 valence electrons. The Hall–Kier alpha value is -3.88. The molecule has 1 aromatic carbocycles. The van der Waals surface area contributed by atoms with Crippen molar-refractivity contribution in [3.8, 4) is 11.5 Å². The SMILES string of the molecule is CC(C)(C)c1cc(NC(=O)Nc2ccc(Oc3ccnc(CC(N)=O)c3)cc2)no1. The largest absolute Gasteiger partial charge is 0.457 e. The van der Waals surface area contributed by atoms with Gasteiger partial charge >= 0.3 is 6.03 Å². The van der Waals surface area contributed by atoms with Crippen LogP contribution < -0.4 is 21.1 Å². The molecular weight excluding hydrogens is 386 g/mol. The first-order valence-corrected chi connectivity index (χ1v) is 9.25. The molecule has 0 aliphatic carbocycles. The maximum Gasteiger partial charge on any atom is 0.324 e. The highest BCUT2D eigenvalue weighted by Gasteiger charge is 2.20. The Morgan fingerprint density at radius 1 is 1.07 bits per heavy atom. The molecule has 9 heteroatoms. The molecular formula is C21H23N5O4. The van der Waals surface area contributed by atoms with Crippen LogP contribution in [0.25, 0.3) is 0 Å². The van der Waals surface area contributed by atoms with Gasteiger partial charge in [0.15, 0.2) is 5.82 Å². The molecule has 0 saturated carbocycles. The highest BCUT2D eigenvalue weighted by Crippen LogP contribution is 2.25. The summed E-state index contributed by atoms with van der Waals surface area (Å²) in [5.41, 5.74) is 6.08. The molecule has 4 N–H and O–H groups in total. The van der Waals surface area contributed by atoms with Gasteiger partial charge in [-0.3, -0.25) is 15.1 Å². The van der Waals surface area contributed by atoms with Crippen LogP contribution in [0.1, 0.15) is 32.2 Å². The van der Waals surface area contributed by atoms with Crippen molar-refractivity contribution in [2.75, 3.05) is 10.6 Å². The monoisotopic (exact) mass is 409 g/mol. The van der Waals surface area contributed by atoms with Crippen LogP contribution in [-0.2, 0) is 16.6 Å². The van der Waals surface area contributed by atoms with Gasteiger partial charge in [0.05, 0.1) is 12.1 Å². The van der Waals surface area contributed by atoms with E-state index in [0.29, 0.717) is 34.5 Å². The number of pyridine rings is 1. The van der Waals surface area contributed by atoms with Crippen molar-refractivity contribution in [1.29, 1.82) is 0 Å². The Morgan fingerprint density at radius 3 is 2.43 bits per heavy atom. The van der Waals surface area contributed by atoms with Crippen LogP contribution in [0.15, 0.2) is 53.2 Å². The lowest BCUT2D eigenvalue weighted by Gasteiger charge is -2.12. The van der Waals surface area contributed by atoms with Crippen LogP contribution in [0.2, 0.25) is 0 Å². The van der Waals surface area contributed by atoms with Gasteiger partial charge < -0.3 is 20.3 Å². The molecule has 0 spiro atoms. The van der Waals surface area contributed by atoms with Crippen LogP contribution in [0.4, 0.5) is 16.3 Å². The molecule has 0 aliphatic rings. The second-order valence-corrected chi connectivity index (χ2v) is 7.66. The lowest BCUT2D eigenvalue weighted by atomic mass is 9.93. The summed E-state index contributed by atoms with van der Waals surface area (Å²) < 4.78 is 11.0. The molecule has 3 amide bonds. The number of hydrogen-bond donors (Lipinski definition) is 3. The average molecular weight is 409 g/mol. The predicted molar refractivity (Wildman–Crippen MR) is 111 cm³/mol. The minimum atomic E-state index is -0.464. The third-order valence-corrected chi connectivity index (χ3v) is 3.98. The minimum absolute atomic E-state index is 0.0396. The van der Waals surface area contributed by atoms with E-state index < -0.39 is 11.9 Å². The molecule has 2 heterocycles. The number of nitrogens with zero attached hydrogens (tertiary/aromatic N) is 2. The van der Waals surface area contributed by atoms with Gasteiger partial charge in [-0.15, -0.1) is 0 Å². The third-order valence-electron chi connectivity index (χ3n) is 3.98. The van der Waals surface area contributed by atoms with Crippen molar-refractivity contribution >= 4 is 23.4 Å². The van der Waals surface area contributed by atoms with Crippen molar-refractivity contribution in [2.24, 2.45) is 5.73 Å². The highest BCUT2D eigenvalue weighted by atomic mass is 16.5. The average Bonchev–Trinajstić information content (AvgIpc) is 3.12. The molecule has 3 rings (SSSR count). The summed E-state index contributed by atoms with van der Waals surface area (Å²) in [5.74, 6) is 1.63. The maximum atomic E-state index is 12.2. The zero-order valence-electron chi connectivity index (χ0n) is 16.9. The predicted octanol–water partition coefficient (Wildman–Crippen LogP) is 3.83. The van der Waals surface area contributed by atoms with Crippen molar-refractivity contribution in [3.63, 3.8) is 0 Å². The third kappa shape index (κ3) is 5.81. The fraction of sp³-hybridized carbons (Fsp3) is 0.238. The van der Waals surface area contributed by atoms with Gasteiger partial charge in [0, 0.05) is 29.4 Å². The van der Waals surface area contributed by atoms with Gasteiger partial charge in [0.25, 0.3) is 0 Å². The first-order valence-electron chi connectivity index (χ1n) is 9.25. The lowest BCUT2D eigenvalue weighted by molar-refractivity contribution is -0.117. The quantitative estimate of drug-likeness (QED) is 0.567. The zero-order valence-corrected chi connectivity index (χ0v) is 16.9.